The second-order valence-corrected chi connectivity index (χ2v) is 3.80. The lowest BCUT2D eigenvalue weighted by Crippen LogP contribution is -2.07. The van der Waals surface area contributed by atoms with Gasteiger partial charge in [-0.3, -0.25) is 5.10 Å². The number of nitrogens with one attached hydrogen (secondary N) is 1. The van der Waals surface area contributed by atoms with Crippen molar-refractivity contribution < 1.29 is 17.9 Å². The van der Waals surface area contributed by atoms with Gasteiger partial charge in [-0.2, -0.15) is 18.3 Å². The second kappa shape index (κ2) is 4.72. The Hall–Kier alpha value is -1.98. The van der Waals surface area contributed by atoms with Crippen molar-refractivity contribution >= 4 is 0 Å². The molecule has 0 bridgehead atoms. The van der Waals surface area contributed by atoms with E-state index in [-0.39, 0.29) is 5.75 Å². The van der Waals surface area contributed by atoms with Crippen LogP contribution in [-0.4, -0.2) is 10.2 Å². The van der Waals surface area contributed by atoms with Crippen molar-refractivity contribution in [3.8, 4) is 5.75 Å². The van der Waals surface area contributed by atoms with Crippen LogP contribution in [0.4, 0.5) is 13.2 Å². The van der Waals surface area contributed by atoms with Gasteiger partial charge in [0.2, 0.25) is 0 Å². The lowest BCUT2D eigenvalue weighted by Gasteiger charge is -2.14. The molecule has 0 aliphatic heterocycles. The molecule has 0 spiro atoms. The third kappa shape index (κ3) is 2.82. The number of hydrogen-bond acceptors (Lipinski definition) is 2. The van der Waals surface area contributed by atoms with Crippen molar-refractivity contribution in [1.82, 2.24) is 10.2 Å². The number of halogens is 3. The minimum absolute atomic E-state index is 0.173. The first-order valence-corrected chi connectivity index (χ1v) is 5.30. The summed E-state index contributed by atoms with van der Waals surface area (Å²) in [6.45, 7) is 1.73. The highest BCUT2D eigenvalue weighted by Gasteiger charge is 2.30. The number of benzene rings is 1. The first-order chi connectivity index (χ1) is 8.47. The monoisotopic (exact) mass is 256 g/mol. The lowest BCUT2D eigenvalue weighted by molar-refractivity contribution is -0.137. The minimum Gasteiger partial charge on any atom is -0.484 e. The van der Waals surface area contributed by atoms with Gasteiger partial charge in [-0.1, -0.05) is 6.07 Å². The third-order valence-corrected chi connectivity index (χ3v) is 2.43. The van der Waals surface area contributed by atoms with Crippen LogP contribution in [0.1, 0.15) is 24.3 Å². The van der Waals surface area contributed by atoms with Gasteiger partial charge >= 0.3 is 6.18 Å². The minimum atomic E-state index is -4.36. The van der Waals surface area contributed by atoms with E-state index in [1.54, 1.807) is 19.2 Å². The number of H-pyrrole nitrogens is 1. The zero-order valence-corrected chi connectivity index (χ0v) is 9.53. The number of ether oxygens (including phenoxy) is 1. The fourth-order valence-electron chi connectivity index (χ4n) is 1.51. The van der Waals surface area contributed by atoms with E-state index in [4.69, 9.17) is 4.74 Å². The molecule has 0 fully saturated rings. The average molecular weight is 256 g/mol. The molecule has 0 aliphatic rings. The van der Waals surface area contributed by atoms with Crippen molar-refractivity contribution in [2.75, 3.05) is 0 Å². The summed E-state index contributed by atoms with van der Waals surface area (Å²) >= 11 is 0. The SMILES string of the molecule is C[C@@H](Oc1cccc(C(F)(F)F)c1)c1ccn[nH]1. The van der Waals surface area contributed by atoms with Crippen LogP contribution < -0.4 is 4.74 Å². The largest absolute Gasteiger partial charge is 0.484 e. The van der Waals surface area contributed by atoms with E-state index in [2.05, 4.69) is 10.2 Å². The van der Waals surface area contributed by atoms with Crippen LogP contribution in [0.5, 0.6) is 5.75 Å². The van der Waals surface area contributed by atoms with Crippen molar-refractivity contribution in [3.63, 3.8) is 0 Å². The summed E-state index contributed by atoms with van der Waals surface area (Å²) < 4.78 is 42.9. The van der Waals surface area contributed by atoms with Gasteiger partial charge in [0.25, 0.3) is 0 Å². The zero-order chi connectivity index (χ0) is 13.2. The molecular weight excluding hydrogens is 245 g/mol. The highest BCUT2D eigenvalue weighted by Crippen LogP contribution is 2.32. The fourth-order valence-corrected chi connectivity index (χ4v) is 1.51. The summed E-state index contributed by atoms with van der Waals surface area (Å²) in [4.78, 5) is 0. The molecule has 3 nitrogen and oxygen atoms in total. The Bertz CT molecular complexity index is 508. The summed E-state index contributed by atoms with van der Waals surface area (Å²) in [6.07, 6.45) is -3.20. The normalized spacial score (nSPS) is 13.3. The van der Waals surface area contributed by atoms with E-state index >= 15 is 0 Å². The Morgan fingerprint density at radius 2 is 2.06 bits per heavy atom. The molecule has 1 aromatic heterocycles. The van der Waals surface area contributed by atoms with Gasteiger partial charge < -0.3 is 4.74 Å². The fraction of sp³-hybridized carbons (Fsp3) is 0.250. The molecule has 0 amide bonds. The molecule has 0 saturated heterocycles. The molecule has 1 N–H and O–H groups in total. The molecule has 96 valence electrons. The van der Waals surface area contributed by atoms with Crippen molar-refractivity contribution in [2.24, 2.45) is 0 Å². The van der Waals surface area contributed by atoms with E-state index in [0.29, 0.717) is 5.69 Å². The van der Waals surface area contributed by atoms with E-state index in [1.165, 1.54) is 12.1 Å². The first kappa shape index (κ1) is 12.5. The van der Waals surface area contributed by atoms with Gasteiger partial charge in [-0.05, 0) is 31.2 Å². The van der Waals surface area contributed by atoms with Crippen molar-refractivity contribution in [2.45, 2.75) is 19.2 Å². The lowest BCUT2D eigenvalue weighted by atomic mass is 10.2. The maximum atomic E-state index is 12.5. The Morgan fingerprint density at radius 3 is 2.67 bits per heavy atom. The third-order valence-electron chi connectivity index (χ3n) is 2.43. The van der Waals surface area contributed by atoms with Crippen LogP contribution >= 0.6 is 0 Å². The molecule has 18 heavy (non-hydrogen) atoms. The van der Waals surface area contributed by atoms with E-state index in [1.807, 2.05) is 0 Å². The Labute approximate surface area is 102 Å². The van der Waals surface area contributed by atoms with Crippen LogP contribution in [0, 0.1) is 0 Å². The number of rotatable bonds is 3. The van der Waals surface area contributed by atoms with Gasteiger partial charge in [-0.15, -0.1) is 0 Å². The van der Waals surface area contributed by atoms with Gasteiger partial charge in [0.05, 0.1) is 11.3 Å². The number of aromatic amines is 1. The molecule has 1 aromatic carbocycles. The number of hydrogen-bond donors (Lipinski definition) is 1. The molecular formula is C12H11F3N2O. The highest BCUT2D eigenvalue weighted by atomic mass is 19.4. The smallest absolute Gasteiger partial charge is 0.416 e. The van der Waals surface area contributed by atoms with Crippen LogP contribution in [-0.2, 0) is 6.18 Å². The Balaban J connectivity index is 2.15. The molecule has 1 heterocycles. The highest BCUT2D eigenvalue weighted by molar-refractivity contribution is 5.30. The topological polar surface area (TPSA) is 37.9 Å². The van der Waals surface area contributed by atoms with E-state index in [9.17, 15) is 13.2 Å². The first-order valence-electron chi connectivity index (χ1n) is 5.30. The summed E-state index contributed by atoms with van der Waals surface area (Å²) in [7, 11) is 0. The van der Waals surface area contributed by atoms with E-state index in [0.717, 1.165) is 12.1 Å². The predicted molar refractivity (Wildman–Crippen MR) is 59.1 cm³/mol. The second-order valence-electron chi connectivity index (χ2n) is 3.80. The molecule has 2 rings (SSSR count). The van der Waals surface area contributed by atoms with Gasteiger partial charge in [0.15, 0.2) is 0 Å². The van der Waals surface area contributed by atoms with Gasteiger partial charge in [0.1, 0.15) is 11.9 Å². The van der Waals surface area contributed by atoms with Crippen LogP contribution in [0.25, 0.3) is 0 Å². The maximum absolute atomic E-state index is 12.5. The molecule has 2 aromatic rings. The summed E-state index contributed by atoms with van der Waals surface area (Å²) in [5.41, 5.74) is -0.0239. The van der Waals surface area contributed by atoms with Crippen molar-refractivity contribution in [3.05, 3.63) is 47.8 Å². The standard InChI is InChI=1S/C12H11F3N2O/c1-8(11-5-6-16-17-11)18-10-4-2-3-9(7-10)12(13,14)15/h2-8H,1H3,(H,16,17)/t8-/m1/s1. The molecule has 6 heteroatoms. The molecule has 1 atom stereocenters. The Morgan fingerprint density at radius 1 is 1.28 bits per heavy atom. The predicted octanol–water partition coefficient (Wildman–Crippen LogP) is 3.57. The van der Waals surface area contributed by atoms with Gasteiger partial charge in [-0.25, -0.2) is 0 Å². The molecule has 0 radical (unpaired) electrons. The molecule has 0 saturated carbocycles. The van der Waals surface area contributed by atoms with Gasteiger partial charge in [0, 0.05) is 6.20 Å². The quantitative estimate of drug-likeness (QED) is 0.911. The molecule has 0 aliphatic carbocycles. The average Bonchev–Trinajstić information content (AvgIpc) is 2.81. The number of aromatic nitrogens is 2. The zero-order valence-electron chi connectivity index (χ0n) is 9.53. The molecule has 0 unspecified atom stereocenters. The van der Waals surface area contributed by atoms with Crippen LogP contribution in [0.2, 0.25) is 0 Å². The maximum Gasteiger partial charge on any atom is 0.416 e. The summed E-state index contributed by atoms with van der Waals surface area (Å²) in [5.74, 6) is 0.173. The van der Waals surface area contributed by atoms with Crippen LogP contribution in [0.3, 0.4) is 0 Å². The summed E-state index contributed by atoms with van der Waals surface area (Å²) in [5, 5.41) is 6.46. The van der Waals surface area contributed by atoms with Crippen LogP contribution in [0.15, 0.2) is 36.5 Å². The van der Waals surface area contributed by atoms with E-state index < -0.39 is 17.8 Å². The number of alkyl halides is 3. The summed E-state index contributed by atoms with van der Waals surface area (Å²) in [6, 6.07) is 6.50. The Kier molecular flexibility index (Phi) is 3.27. The number of nitrogens with zero attached hydrogens (tertiary/aromatic N) is 1. The van der Waals surface area contributed by atoms with Crippen molar-refractivity contribution in [1.29, 1.82) is 0 Å².